The first kappa shape index (κ1) is 9.43. The fraction of sp³-hybridized carbons (Fsp3) is 0.400. The second kappa shape index (κ2) is 3.94. The van der Waals surface area contributed by atoms with Gasteiger partial charge in [0.1, 0.15) is 5.82 Å². The lowest BCUT2D eigenvalue weighted by Gasteiger charge is -2.34. The van der Waals surface area contributed by atoms with Crippen LogP contribution in [0.1, 0.15) is 6.42 Å². The molecule has 0 bridgehead atoms. The van der Waals surface area contributed by atoms with E-state index in [2.05, 4.69) is 4.90 Å². The number of halogens is 1. The summed E-state index contributed by atoms with van der Waals surface area (Å²) in [5.41, 5.74) is 1.03. The van der Waals surface area contributed by atoms with Crippen LogP contribution in [0.5, 0.6) is 0 Å². The van der Waals surface area contributed by atoms with E-state index in [4.69, 9.17) is 5.84 Å². The number of anilines is 1. The van der Waals surface area contributed by atoms with Crippen molar-refractivity contribution in [2.45, 2.75) is 6.42 Å². The molecular formula is C10H14FN3. The minimum absolute atomic E-state index is 0.199. The van der Waals surface area contributed by atoms with E-state index in [0.29, 0.717) is 6.67 Å². The lowest BCUT2D eigenvalue weighted by Crippen LogP contribution is -2.48. The maximum Gasteiger partial charge on any atom is 0.123 e. The van der Waals surface area contributed by atoms with Crippen molar-refractivity contribution in [2.24, 2.45) is 5.84 Å². The van der Waals surface area contributed by atoms with Crippen molar-refractivity contribution in [2.75, 3.05) is 24.7 Å². The minimum Gasteiger partial charge on any atom is -0.357 e. The minimum atomic E-state index is -0.199. The van der Waals surface area contributed by atoms with E-state index in [9.17, 15) is 4.39 Å². The normalized spacial score (nSPS) is 18.6. The Balaban J connectivity index is 2.10. The fourth-order valence-corrected chi connectivity index (χ4v) is 1.69. The summed E-state index contributed by atoms with van der Waals surface area (Å²) in [7, 11) is 0. The Morgan fingerprint density at radius 2 is 1.86 bits per heavy atom. The highest BCUT2D eigenvalue weighted by Gasteiger charge is 2.14. The van der Waals surface area contributed by atoms with Gasteiger partial charge < -0.3 is 4.90 Å². The molecule has 0 saturated carbocycles. The molecule has 0 aliphatic carbocycles. The van der Waals surface area contributed by atoms with Crippen molar-refractivity contribution < 1.29 is 4.39 Å². The molecule has 1 aromatic carbocycles. The van der Waals surface area contributed by atoms with Gasteiger partial charge in [-0.15, -0.1) is 0 Å². The van der Waals surface area contributed by atoms with Gasteiger partial charge in [0.25, 0.3) is 0 Å². The summed E-state index contributed by atoms with van der Waals surface area (Å²) in [6, 6.07) is 6.53. The van der Waals surface area contributed by atoms with Crippen molar-refractivity contribution in [1.82, 2.24) is 5.01 Å². The zero-order valence-electron chi connectivity index (χ0n) is 7.99. The number of benzene rings is 1. The van der Waals surface area contributed by atoms with Crippen molar-refractivity contribution in [3.63, 3.8) is 0 Å². The fourth-order valence-electron chi connectivity index (χ4n) is 1.69. The SMILES string of the molecule is NN1CCCN(c2ccc(F)cc2)C1. The number of hydrogen-bond acceptors (Lipinski definition) is 3. The quantitative estimate of drug-likeness (QED) is 0.683. The maximum atomic E-state index is 12.7. The van der Waals surface area contributed by atoms with Crippen LogP contribution >= 0.6 is 0 Å². The first-order chi connectivity index (χ1) is 6.75. The third-order valence-corrected chi connectivity index (χ3v) is 2.42. The Hall–Kier alpha value is -1.13. The summed E-state index contributed by atoms with van der Waals surface area (Å²) in [5, 5.41) is 1.77. The van der Waals surface area contributed by atoms with Gasteiger partial charge in [-0.05, 0) is 30.7 Å². The van der Waals surface area contributed by atoms with Gasteiger partial charge in [-0.1, -0.05) is 0 Å². The van der Waals surface area contributed by atoms with E-state index in [0.717, 1.165) is 25.2 Å². The third-order valence-electron chi connectivity index (χ3n) is 2.42. The summed E-state index contributed by atoms with van der Waals surface area (Å²) < 4.78 is 12.7. The number of hydrazine groups is 1. The van der Waals surface area contributed by atoms with Crippen LogP contribution < -0.4 is 10.7 Å². The van der Waals surface area contributed by atoms with E-state index < -0.39 is 0 Å². The number of rotatable bonds is 1. The van der Waals surface area contributed by atoms with Crippen LogP contribution in [0.15, 0.2) is 24.3 Å². The number of nitrogens with two attached hydrogens (primary N) is 1. The summed E-state index contributed by atoms with van der Waals surface area (Å²) in [6.45, 7) is 2.63. The largest absolute Gasteiger partial charge is 0.357 e. The van der Waals surface area contributed by atoms with Crippen LogP contribution in [-0.4, -0.2) is 24.8 Å². The van der Waals surface area contributed by atoms with Crippen LogP contribution in [0.4, 0.5) is 10.1 Å². The Kier molecular flexibility index (Phi) is 2.65. The molecule has 0 aromatic heterocycles. The molecule has 1 aromatic rings. The van der Waals surface area contributed by atoms with Crippen molar-refractivity contribution in [3.05, 3.63) is 30.1 Å². The van der Waals surface area contributed by atoms with Gasteiger partial charge in [0.2, 0.25) is 0 Å². The molecule has 0 radical (unpaired) electrons. The third kappa shape index (κ3) is 2.02. The predicted octanol–water partition coefficient (Wildman–Crippen LogP) is 1.17. The zero-order valence-corrected chi connectivity index (χ0v) is 7.99. The Morgan fingerprint density at radius 1 is 1.14 bits per heavy atom. The van der Waals surface area contributed by atoms with Crippen LogP contribution in [0, 0.1) is 5.82 Å². The molecule has 0 unspecified atom stereocenters. The molecule has 2 rings (SSSR count). The first-order valence-corrected chi connectivity index (χ1v) is 4.76. The lowest BCUT2D eigenvalue weighted by atomic mass is 10.2. The highest BCUT2D eigenvalue weighted by atomic mass is 19.1. The van der Waals surface area contributed by atoms with Gasteiger partial charge in [0.15, 0.2) is 0 Å². The van der Waals surface area contributed by atoms with Gasteiger partial charge in [0, 0.05) is 18.8 Å². The van der Waals surface area contributed by atoms with Crippen LogP contribution in [0.25, 0.3) is 0 Å². The highest BCUT2D eigenvalue weighted by Crippen LogP contribution is 2.17. The molecule has 3 nitrogen and oxygen atoms in total. The molecule has 0 amide bonds. The maximum absolute atomic E-state index is 12.7. The molecule has 14 heavy (non-hydrogen) atoms. The molecule has 76 valence electrons. The van der Waals surface area contributed by atoms with Gasteiger partial charge in [0.05, 0.1) is 6.67 Å². The molecule has 1 aliphatic rings. The number of nitrogens with zero attached hydrogens (tertiary/aromatic N) is 2. The summed E-state index contributed by atoms with van der Waals surface area (Å²) in [4.78, 5) is 2.14. The van der Waals surface area contributed by atoms with Crippen molar-refractivity contribution >= 4 is 5.69 Å². The van der Waals surface area contributed by atoms with E-state index in [1.807, 2.05) is 0 Å². The predicted molar refractivity (Wildman–Crippen MR) is 54.1 cm³/mol. The smallest absolute Gasteiger partial charge is 0.123 e. The molecule has 2 N–H and O–H groups in total. The summed E-state index contributed by atoms with van der Waals surface area (Å²) in [6.07, 6.45) is 1.05. The van der Waals surface area contributed by atoms with Gasteiger partial charge in [-0.2, -0.15) is 0 Å². The lowest BCUT2D eigenvalue weighted by molar-refractivity contribution is 0.248. The molecule has 0 atom stereocenters. The Labute approximate surface area is 82.9 Å². The molecule has 1 fully saturated rings. The standard InChI is InChI=1S/C10H14FN3/c11-9-2-4-10(5-3-9)13-6-1-7-14(12)8-13/h2-5H,1,6-8,12H2. The van der Waals surface area contributed by atoms with Crippen LogP contribution in [0.3, 0.4) is 0 Å². The van der Waals surface area contributed by atoms with Crippen LogP contribution in [-0.2, 0) is 0 Å². The summed E-state index contributed by atoms with van der Waals surface area (Å²) >= 11 is 0. The van der Waals surface area contributed by atoms with Gasteiger partial charge >= 0.3 is 0 Å². The first-order valence-electron chi connectivity index (χ1n) is 4.76. The molecule has 1 saturated heterocycles. The average molecular weight is 195 g/mol. The van der Waals surface area contributed by atoms with E-state index in [1.165, 1.54) is 12.1 Å². The molecule has 1 aliphatic heterocycles. The van der Waals surface area contributed by atoms with Gasteiger partial charge in [-0.3, -0.25) is 5.84 Å². The molecule has 4 heteroatoms. The highest BCUT2D eigenvalue weighted by molar-refractivity contribution is 5.46. The van der Waals surface area contributed by atoms with Crippen molar-refractivity contribution in [1.29, 1.82) is 0 Å². The van der Waals surface area contributed by atoms with E-state index in [-0.39, 0.29) is 5.82 Å². The number of hydrogen-bond donors (Lipinski definition) is 1. The van der Waals surface area contributed by atoms with Gasteiger partial charge in [-0.25, -0.2) is 9.40 Å². The topological polar surface area (TPSA) is 32.5 Å². The Morgan fingerprint density at radius 3 is 2.50 bits per heavy atom. The molecule has 1 heterocycles. The van der Waals surface area contributed by atoms with E-state index in [1.54, 1.807) is 17.1 Å². The van der Waals surface area contributed by atoms with Crippen molar-refractivity contribution in [3.8, 4) is 0 Å². The molecular weight excluding hydrogens is 181 g/mol. The second-order valence-corrected chi connectivity index (χ2v) is 3.55. The zero-order chi connectivity index (χ0) is 9.97. The van der Waals surface area contributed by atoms with E-state index >= 15 is 0 Å². The Bertz CT molecular complexity index is 299. The monoisotopic (exact) mass is 195 g/mol. The summed E-state index contributed by atoms with van der Waals surface area (Å²) in [5.74, 6) is 5.51. The molecule has 0 spiro atoms. The average Bonchev–Trinajstić information content (AvgIpc) is 2.19. The van der Waals surface area contributed by atoms with Crippen LogP contribution in [0.2, 0.25) is 0 Å². The second-order valence-electron chi connectivity index (χ2n) is 3.55.